The Bertz CT molecular complexity index is 538. The highest BCUT2D eigenvalue weighted by molar-refractivity contribution is 7.73. The SMILES string of the molecule is C[C@H](c1ncc(F)c([C@@H]2COCCO2)n1)[C@H](C)[SH](=O)=O. The fourth-order valence-electron chi connectivity index (χ4n) is 1.88. The van der Waals surface area contributed by atoms with E-state index in [-0.39, 0.29) is 12.3 Å². The molecule has 0 aliphatic carbocycles. The average molecular weight is 304 g/mol. The molecule has 0 N–H and O–H groups in total. The molecule has 0 spiro atoms. The minimum atomic E-state index is -2.59. The zero-order valence-electron chi connectivity index (χ0n) is 11.3. The van der Waals surface area contributed by atoms with Crippen LogP contribution in [-0.4, -0.2) is 43.5 Å². The average Bonchev–Trinajstić information content (AvgIpc) is 2.47. The Morgan fingerprint density at radius 1 is 1.40 bits per heavy atom. The van der Waals surface area contributed by atoms with E-state index in [1.54, 1.807) is 13.8 Å². The van der Waals surface area contributed by atoms with Crippen LogP contribution in [-0.2, 0) is 20.2 Å². The summed E-state index contributed by atoms with van der Waals surface area (Å²) in [5.41, 5.74) is 0.120. The molecule has 6 nitrogen and oxygen atoms in total. The normalized spacial score (nSPS) is 22.7. The lowest BCUT2D eigenvalue weighted by atomic mass is 10.1. The number of hydrogen-bond donors (Lipinski definition) is 1. The van der Waals surface area contributed by atoms with Crippen molar-refractivity contribution in [1.29, 1.82) is 0 Å². The van der Waals surface area contributed by atoms with Crippen LogP contribution in [0.1, 0.15) is 37.4 Å². The summed E-state index contributed by atoms with van der Waals surface area (Å²) in [6.45, 7) is 4.35. The van der Waals surface area contributed by atoms with Crippen molar-refractivity contribution in [2.75, 3.05) is 19.8 Å². The summed E-state index contributed by atoms with van der Waals surface area (Å²) in [6.07, 6.45) is 0.477. The zero-order chi connectivity index (χ0) is 14.7. The molecule has 3 atom stereocenters. The Balaban J connectivity index is 2.27. The summed E-state index contributed by atoms with van der Waals surface area (Å²) in [6, 6.07) is 0. The van der Waals surface area contributed by atoms with Crippen molar-refractivity contribution in [3.63, 3.8) is 0 Å². The van der Waals surface area contributed by atoms with Gasteiger partial charge in [-0.25, -0.2) is 22.8 Å². The second-order valence-corrected chi connectivity index (χ2v) is 6.10. The van der Waals surface area contributed by atoms with Crippen LogP contribution in [0.15, 0.2) is 6.20 Å². The third-order valence-corrected chi connectivity index (χ3v) is 4.49. The van der Waals surface area contributed by atoms with Crippen LogP contribution in [0.2, 0.25) is 0 Å². The standard InChI is InChI=1S/C12H17FN2O4S/c1-7(8(2)20(16)17)12-14-5-9(13)11(15-12)10-6-18-3-4-19-10/h5,7-8,10,20H,3-4,6H2,1-2H3/t7-,8-,10-/m0/s1. The van der Waals surface area contributed by atoms with E-state index in [0.717, 1.165) is 6.20 Å². The van der Waals surface area contributed by atoms with Gasteiger partial charge >= 0.3 is 0 Å². The highest BCUT2D eigenvalue weighted by Gasteiger charge is 2.25. The van der Waals surface area contributed by atoms with Gasteiger partial charge < -0.3 is 9.47 Å². The van der Waals surface area contributed by atoms with E-state index in [1.165, 1.54) is 0 Å². The smallest absolute Gasteiger partial charge is 0.165 e. The van der Waals surface area contributed by atoms with Crippen molar-refractivity contribution >= 4 is 10.7 Å². The van der Waals surface area contributed by atoms with Gasteiger partial charge in [-0.15, -0.1) is 0 Å². The van der Waals surface area contributed by atoms with E-state index < -0.39 is 33.8 Å². The predicted octanol–water partition coefficient (Wildman–Crippen LogP) is 0.807. The lowest BCUT2D eigenvalue weighted by molar-refractivity contribution is -0.0931. The minimum absolute atomic E-state index is 0.120. The molecule has 0 radical (unpaired) electrons. The van der Waals surface area contributed by atoms with Crippen LogP contribution < -0.4 is 0 Å². The zero-order valence-corrected chi connectivity index (χ0v) is 12.2. The van der Waals surface area contributed by atoms with Gasteiger partial charge in [0.1, 0.15) is 28.3 Å². The van der Waals surface area contributed by atoms with Gasteiger partial charge in [0.25, 0.3) is 0 Å². The molecule has 20 heavy (non-hydrogen) atoms. The highest BCUT2D eigenvalue weighted by atomic mass is 32.2. The number of thiol groups is 1. The number of hydrogen-bond acceptors (Lipinski definition) is 6. The molecule has 1 saturated heterocycles. The number of aromatic nitrogens is 2. The van der Waals surface area contributed by atoms with Crippen LogP contribution >= 0.6 is 0 Å². The number of halogens is 1. The largest absolute Gasteiger partial charge is 0.376 e. The maximum absolute atomic E-state index is 13.8. The van der Waals surface area contributed by atoms with Gasteiger partial charge in [-0.1, -0.05) is 6.92 Å². The summed E-state index contributed by atoms with van der Waals surface area (Å²) in [7, 11) is -2.59. The lowest BCUT2D eigenvalue weighted by Crippen LogP contribution is -2.25. The molecule has 1 fully saturated rings. The van der Waals surface area contributed by atoms with Crippen molar-refractivity contribution in [2.45, 2.75) is 31.1 Å². The molecule has 0 bridgehead atoms. The summed E-state index contributed by atoms with van der Waals surface area (Å²) < 4.78 is 46.5. The molecule has 0 unspecified atom stereocenters. The van der Waals surface area contributed by atoms with E-state index in [2.05, 4.69) is 9.97 Å². The van der Waals surface area contributed by atoms with Crippen LogP contribution in [0.4, 0.5) is 4.39 Å². The highest BCUT2D eigenvalue weighted by Crippen LogP contribution is 2.24. The van der Waals surface area contributed by atoms with Crippen molar-refractivity contribution < 1.29 is 22.3 Å². The van der Waals surface area contributed by atoms with E-state index in [9.17, 15) is 12.8 Å². The molecule has 0 saturated carbocycles. The summed E-state index contributed by atoms with van der Waals surface area (Å²) in [4.78, 5) is 8.03. The van der Waals surface area contributed by atoms with Crippen LogP contribution in [0, 0.1) is 5.82 Å². The van der Waals surface area contributed by atoms with Crippen molar-refractivity contribution in [3.8, 4) is 0 Å². The first-order valence-corrected chi connectivity index (χ1v) is 7.60. The summed E-state index contributed by atoms with van der Waals surface area (Å²) in [5, 5.41) is -0.619. The van der Waals surface area contributed by atoms with Gasteiger partial charge in [-0.05, 0) is 6.92 Å². The maximum atomic E-state index is 13.8. The molecule has 1 aliphatic rings. The molecule has 112 valence electrons. The molecule has 0 amide bonds. The fraction of sp³-hybridized carbons (Fsp3) is 0.667. The molecule has 8 heteroatoms. The summed E-state index contributed by atoms with van der Waals surface area (Å²) in [5.74, 6) is -0.696. The number of ether oxygens (including phenoxy) is 2. The van der Waals surface area contributed by atoms with Gasteiger partial charge in [0.2, 0.25) is 0 Å². The van der Waals surface area contributed by atoms with Crippen LogP contribution in [0.5, 0.6) is 0 Å². The first-order chi connectivity index (χ1) is 9.50. The number of rotatable bonds is 4. The minimum Gasteiger partial charge on any atom is -0.376 e. The van der Waals surface area contributed by atoms with Gasteiger partial charge in [0.15, 0.2) is 5.82 Å². The van der Waals surface area contributed by atoms with Gasteiger partial charge in [-0.3, -0.25) is 0 Å². The Kier molecular flexibility index (Phi) is 5.00. The first-order valence-electron chi connectivity index (χ1n) is 6.36. The Morgan fingerprint density at radius 3 is 2.75 bits per heavy atom. The maximum Gasteiger partial charge on any atom is 0.165 e. The fourth-order valence-corrected chi connectivity index (χ4v) is 2.38. The third-order valence-electron chi connectivity index (χ3n) is 3.37. The van der Waals surface area contributed by atoms with Gasteiger partial charge in [0, 0.05) is 5.92 Å². The molecule has 2 heterocycles. The molecule has 1 aromatic rings. The molecular weight excluding hydrogens is 287 g/mol. The third kappa shape index (κ3) is 3.31. The molecular formula is C12H17FN2O4S. The van der Waals surface area contributed by atoms with Gasteiger partial charge in [0.05, 0.1) is 31.3 Å². The molecule has 0 aromatic carbocycles. The van der Waals surface area contributed by atoms with E-state index >= 15 is 0 Å². The van der Waals surface area contributed by atoms with Crippen molar-refractivity contribution in [3.05, 3.63) is 23.5 Å². The molecule has 2 rings (SSSR count). The predicted molar refractivity (Wildman–Crippen MR) is 69.7 cm³/mol. The first kappa shape index (κ1) is 15.3. The quantitative estimate of drug-likeness (QED) is 0.829. The van der Waals surface area contributed by atoms with E-state index in [1.807, 2.05) is 0 Å². The van der Waals surface area contributed by atoms with Crippen LogP contribution in [0.25, 0.3) is 0 Å². The Hall–Kier alpha value is -1.12. The van der Waals surface area contributed by atoms with E-state index in [0.29, 0.717) is 19.0 Å². The molecule has 1 aliphatic heterocycles. The number of nitrogens with zero attached hydrogens (tertiary/aromatic N) is 2. The van der Waals surface area contributed by atoms with Crippen LogP contribution in [0.3, 0.4) is 0 Å². The topological polar surface area (TPSA) is 78.4 Å². The monoisotopic (exact) mass is 304 g/mol. The Labute approximate surface area is 118 Å². The molecule has 1 aromatic heterocycles. The van der Waals surface area contributed by atoms with Gasteiger partial charge in [-0.2, -0.15) is 0 Å². The van der Waals surface area contributed by atoms with E-state index in [4.69, 9.17) is 9.47 Å². The van der Waals surface area contributed by atoms with Crippen molar-refractivity contribution in [1.82, 2.24) is 9.97 Å². The lowest BCUT2D eigenvalue weighted by Gasteiger charge is -2.23. The Morgan fingerprint density at radius 2 is 2.15 bits per heavy atom. The summed E-state index contributed by atoms with van der Waals surface area (Å²) >= 11 is 0. The second kappa shape index (κ2) is 6.55. The second-order valence-electron chi connectivity index (χ2n) is 4.71. The van der Waals surface area contributed by atoms with Crippen molar-refractivity contribution in [2.24, 2.45) is 0 Å².